The van der Waals surface area contributed by atoms with Gasteiger partial charge in [0.15, 0.2) is 6.10 Å². The van der Waals surface area contributed by atoms with Crippen LogP contribution in [0.2, 0.25) is 0 Å². The first kappa shape index (κ1) is 79.4. The molecule has 0 bridgehead atoms. The Labute approximate surface area is 508 Å². The molecule has 0 heterocycles. The van der Waals surface area contributed by atoms with E-state index < -0.39 is 6.10 Å². The molecule has 0 spiro atoms. The average molecular weight is 1140 g/mol. The van der Waals surface area contributed by atoms with Crippen LogP contribution < -0.4 is 0 Å². The molecule has 0 fully saturated rings. The molecule has 0 aromatic carbocycles. The van der Waals surface area contributed by atoms with Crippen LogP contribution in [0.25, 0.3) is 0 Å². The molecule has 0 rings (SSSR count). The maximum atomic E-state index is 13.0. The SMILES string of the molecule is CCCCCCCCCCCCCCCCCCCCCCCCC(=O)OCC(COC(=O)CCCCCCCCCCCCCCCCCCCCCC)OC(=O)CCCCCCCCCCCCCCCCCCCCCCC. The van der Waals surface area contributed by atoms with Crippen molar-refractivity contribution in [3.05, 3.63) is 0 Å². The van der Waals surface area contributed by atoms with Crippen molar-refractivity contribution < 1.29 is 28.6 Å². The Bertz CT molecular complexity index is 1220. The largest absolute Gasteiger partial charge is 0.462 e. The zero-order valence-electron chi connectivity index (χ0n) is 55.6. The fourth-order valence-corrected chi connectivity index (χ4v) is 12.0. The topological polar surface area (TPSA) is 78.9 Å². The molecule has 0 saturated carbocycles. The number of carbonyl (C=O) groups excluding carboxylic acids is 3. The molecule has 0 radical (unpaired) electrons. The summed E-state index contributed by atoms with van der Waals surface area (Å²) in [7, 11) is 0. The van der Waals surface area contributed by atoms with Crippen molar-refractivity contribution in [2.24, 2.45) is 0 Å². The predicted molar refractivity (Wildman–Crippen MR) is 354 cm³/mol. The summed E-state index contributed by atoms with van der Waals surface area (Å²) in [5, 5.41) is 0. The van der Waals surface area contributed by atoms with E-state index in [1.165, 1.54) is 347 Å². The number of rotatable bonds is 71. The van der Waals surface area contributed by atoms with E-state index in [0.717, 1.165) is 57.8 Å². The van der Waals surface area contributed by atoms with Gasteiger partial charge in [0.05, 0.1) is 0 Å². The van der Waals surface area contributed by atoms with Gasteiger partial charge < -0.3 is 14.2 Å². The Hall–Kier alpha value is -1.59. The molecule has 0 N–H and O–H groups in total. The van der Waals surface area contributed by atoms with Crippen molar-refractivity contribution in [1.29, 1.82) is 0 Å². The highest BCUT2D eigenvalue weighted by Gasteiger charge is 2.20. The zero-order valence-corrected chi connectivity index (χ0v) is 55.6. The summed E-state index contributed by atoms with van der Waals surface area (Å²) in [6.07, 6.45) is 84.3. The molecule has 6 heteroatoms. The van der Waals surface area contributed by atoms with Gasteiger partial charge in [-0.05, 0) is 19.3 Å². The Kier molecular flexibility index (Phi) is 69.5. The summed E-state index contributed by atoms with van der Waals surface area (Å²) in [6.45, 7) is 6.76. The van der Waals surface area contributed by atoms with Gasteiger partial charge in [0.25, 0.3) is 0 Å². The third-order valence-corrected chi connectivity index (χ3v) is 17.6. The molecule has 81 heavy (non-hydrogen) atoms. The van der Waals surface area contributed by atoms with Crippen molar-refractivity contribution in [1.82, 2.24) is 0 Å². The summed E-state index contributed by atoms with van der Waals surface area (Å²) >= 11 is 0. The van der Waals surface area contributed by atoms with Crippen LogP contribution in [0, 0.1) is 0 Å². The smallest absolute Gasteiger partial charge is 0.306 e. The van der Waals surface area contributed by atoms with Gasteiger partial charge in [-0.2, -0.15) is 0 Å². The van der Waals surface area contributed by atoms with Crippen LogP contribution in [-0.4, -0.2) is 37.2 Å². The van der Waals surface area contributed by atoms with Gasteiger partial charge in [0.2, 0.25) is 0 Å². The molecule has 0 amide bonds. The molecule has 482 valence electrons. The van der Waals surface area contributed by atoms with Gasteiger partial charge in [-0.1, -0.05) is 406 Å². The molecule has 0 aliphatic carbocycles. The van der Waals surface area contributed by atoms with Gasteiger partial charge >= 0.3 is 17.9 Å². The Morgan fingerprint density at radius 2 is 0.333 bits per heavy atom. The molecule has 0 aromatic heterocycles. The van der Waals surface area contributed by atoms with Crippen LogP contribution in [0.3, 0.4) is 0 Å². The number of hydrogen-bond acceptors (Lipinski definition) is 6. The van der Waals surface area contributed by atoms with Gasteiger partial charge in [-0.3, -0.25) is 14.4 Å². The van der Waals surface area contributed by atoms with E-state index in [0.29, 0.717) is 19.3 Å². The average Bonchev–Trinajstić information content (AvgIpc) is 3.47. The highest BCUT2D eigenvalue weighted by molar-refractivity contribution is 5.71. The highest BCUT2D eigenvalue weighted by Crippen LogP contribution is 2.20. The fraction of sp³-hybridized carbons (Fsp3) is 0.960. The van der Waals surface area contributed by atoms with Crippen molar-refractivity contribution in [2.45, 2.75) is 451 Å². The minimum absolute atomic E-state index is 0.0597. The molecule has 1 atom stereocenters. The van der Waals surface area contributed by atoms with E-state index in [1.54, 1.807) is 0 Å². The molecule has 1 unspecified atom stereocenters. The third kappa shape index (κ3) is 69.1. The normalized spacial score (nSPS) is 11.9. The third-order valence-electron chi connectivity index (χ3n) is 17.6. The lowest BCUT2D eigenvalue weighted by Crippen LogP contribution is -2.30. The second-order valence-corrected chi connectivity index (χ2v) is 25.9. The van der Waals surface area contributed by atoms with E-state index in [2.05, 4.69) is 20.8 Å². The summed E-state index contributed by atoms with van der Waals surface area (Å²) in [5.74, 6) is -0.813. The minimum atomic E-state index is -0.764. The first-order valence-electron chi connectivity index (χ1n) is 37.5. The first-order chi connectivity index (χ1) is 40.0. The summed E-state index contributed by atoms with van der Waals surface area (Å²) < 4.78 is 17.1. The standard InChI is InChI=1S/C75H146O6/c1-4-7-10-13-16-19-22-25-28-31-34-37-39-41-44-47-50-53-56-59-62-65-68-74(77)80-71-72(70-79-73(76)67-64-61-58-55-52-49-46-43-40-36-33-30-27-24-21-18-15-12-9-6-3)81-75(78)69-66-63-60-57-54-51-48-45-42-38-35-32-29-26-23-20-17-14-11-8-5-2/h72H,4-71H2,1-3H3. The van der Waals surface area contributed by atoms with E-state index in [9.17, 15) is 14.4 Å². The monoisotopic (exact) mass is 1140 g/mol. The van der Waals surface area contributed by atoms with Gasteiger partial charge in [-0.25, -0.2) is 0 Å². The van der Waals surface area contributed by atoms with Crippen LogP contribution in [0.1, 0.15) is 445 Å². The quantitative estimate of drug-likeness (QED) is 0.0343. The Balaban J connectivity index is 4.26. The second kappa shape index (κ2) is 70.9. The van der Waals surface area contributed by atoms with E-state index in [-0.39, 0.29) is 31.1 Å². The molecule has 0 aliphatic heterocycles. The number of hydrogen-bond donors (Lipinski definition) is 0. The van der Waals surface area contributed by atoms with Crippen LogP contribution in [0.4, 0.5) is 0 Å². The van der Waals surface area contributed by atoms with Crippen molar-refractivity contribution >= 4 is 17.9 Å². The molecular weight excluding hydrogens is 997 g/mol. The van der Waals surface area contributed by atoms with Crippen LogP contribution in [-0.2, 0) is 28.6 Å². The second-order valence-electron chi connectivity index (χ2n) is 25.9. The van der Waals surface area contributed by atoms with E-state index in [4.69, 9.17) is 14.2 Å². The fourth-order valence-electron chi connectivity index (χ4n) is 12.0. The summed E-state index contributed by atoms with van der Waals surface area (Å²) in [4.78, 5) is 38.6. The number of esters is 3. The van der Waals surface area contributed by atoms with Crippen LogP contribution >= 0.6 is 0 Å². The highest BCUT2D eigenvalue weighted by atomic mass is 16.6. The minimum Gasteiger partial charge on any atom is -0.462 e. The van der Waals surface area contributed by atoms with Gasteiger partial charge in [-0.15, -0.1) is 0 Å². The predicted octanol–water partition coefficient (Wildman–Crippen LogP) is 25.8. The molecule has 0 aliphatic rings. The maximum absolute atomic E-state index is 13.0. The Morgan fingerprint density at radius 1 is 0.198 bits per heavy atom. The van der Waals surface area contributed by atoms with E-state index >= 15 is 0 Å². The van der Waals surface area contributed by atoms with Crippen molar-refractivity contribution in [3.8, 4) is 0 Å². The number of ether oxygens (including phenoxy) is 3. The first-order valence-corrected chi connectivity index (χ1v) is 37.5. The molecular formula is C75H146O6. The van der Waals surface area contributed by atoms with Gasteiger partial charge in [0.1, 0.15) is 13.2 Å². The summed E-state index contributed by atoms with van der Waals surface area (Å²) in [5.41, 5.74) is 0. The molecule has 6 nitrogen and oxygen atoms in total. The van der Waals surface area contributed by atoms with Crippen LogP contribution in [0.5, 0.6) is 0 Å². The summed E-state index contributed by atoms with van der Waals surface area (Å²) in [6, 6.07) is 0. The lowest BCUT2D eigenvalue weighted by Gasteiger charge is -2.18. The van der Waals surface area contributed by atoms with Gasteiger partial charge in [0, 0.05) is 19.3 Å². The molecule has 0 saturated heterocycles. The van der Waals surface area contributed by atoms with Crippen molar-refractivity contribution in [3.63, 3.8) is 0 Å². The maximum Gasteiger partial charge on any atom is 0.306 e. The lowest BCUT2D eigenvalue weighted by atomic mass is 10.0. The molecule has 0 aromatic rings. The lowest BCUT2D eigenvalue weighted by molar-refractivity contribution is -0.167. The van der Waals surface area contributed by atoms with Crippen molar-refractivity contribution in [2.75, 3.05) is 13.2 Å². The number of carbonyl (C=O) groups is 3. The zero-order chi connectivity index (χ0) is 58.5. The number of unbranched alkanes of at least 4 members (excludes halogenated alkanes) is 60. The van der Waals surface area contributed by atoms with Crippen LogP contribution in [0.15, 0.2) is 0 Å². The van der Waals surface area contributed by atoms with E-state index in [1.807, 2.05) is 0 Å². The Morgan fingerprint density at radius 3 is 0.494 bits per heavy atom.